The quantitative estimate of drug-likeness (QED) is 0.703. The SMILES string of the molecule is C[C@@H](c1ccco1)N(C)C(=O)c1cccc(-c2nccnc2N(C)C)c1. The van der Waals surface area contributed by atoms with Crippen LogP contribution in [0.3, 0.4) is 0 Å². The van der Waals surface area contributed by atoms with Crippen molar-refractivity contribution in [1.82, 2.24) is 14.9 Å². The van der Waals surface area contributed by atoms with E-state index in [2.05, 4.69) is 9.97 Å². The van der Waals surface area contributed by atoms with Gasteiger partial charge in [0.05, 0.1) is 12.3 Å². The molecule has 0 unspecified atom stereocenters. The van der Waals surface area contributed by atoms with Crippen LogP contribution < -0.4 is 4.90 Å². The van der Waals surface area contributed by atoms with Gasteiger partial charge in [0.15, 0.2) is 5.82 Å². The molecule has 0 N–H and O–H groups in total. The Morgan fingerprint density at radius 3 is 2.54 bits per heavy atom. The average molecular weight is 350 g/mol. The molecule has 26 heavy (non-hydrogen) atoms. The first kappa shape index (κ1) is 17.7. The van der Waals surface area contributed by atoms with Crippen LogP contribution in [-0.2, 0) is 0 Å². The molecule has 3 rings (SSSR count). The smallest absolute Gasteiger partial charge is 0.254 e. The van der Waals surface area contributed by atoms with Crippen molar-refractivity contribution in [2.75, 3.05) is 26.0 Å². The fourth-order valence-electron chi connectivity index (χ4n) is 2.76. The van der Waals surface area contributed by atoms with Gasteiger partial charge in [-0.15, -0.1) is 0 Å². The minimum Gasteiger partial charge on any atom is -0.467 e. The number of carbonyl (C=O) groups excluding carboxylic acids is 1. The molecule has 6 nitrogen and oxygen atoms in total. The Hall–Kier alpha value is -3.15. The molecule has 0 bridgehead atoms. The first-order valence-electron chi connectivity index (χ1n) is 8.38. The third-order valence-corrected chi connectivity index (χ3v) is 4.34. The van der Waals surface area contributed by atoms with Gasteiger partial charge < -0.3 is 14.2 Å². The lowest BCUT2D eigenvalue weighted by Crippen LogP contribution is -2.29. The summed E-state index contributed by atoms with van der Waals surface area (Å²) in [7, 11) is 5.61. The van der Waals surface area contributed by atoms with Gasteiger partial charge in [0.1, 0.15) is 11.5 Å². The highest BCUT2D eigenvalue weighted by Gasteiger charge is 2.21. The van der Waals surface area contributed by atoms with Crippen LogP contribution >= 0.6 is 0 Å². The van der Waals surface area contributed by atoms with Crippen molar-refractivity contribution in [1.29, 1.82) is 0 Å². The van der Waals surface area contributed by atoms with Crippen LogP contribution in [0.4, 0.5) is 5.82 Å². The maximum absolute atomic E-state index is 12.9. The van der Waals surface area contributed by atoms with Crippen LogP contribution in [0.15, 0.2) is 59.5 Å². The predicted molar refractivity (Wildman–Crippen MR) is 101 cm³/mol. The second kappa shape index (κ2) is 7.39. The molecule has 0 fully saturated rings. The number of nitrogens with zero attached hydrogens (tertiary/aromatic N) is 4. The van der Waals surface area contributed by atoms with Crippen LogP contribution in [0.1, 0.15) is 29.1 Å². The summed E-state index contributed by atoms with van der Waals surface area (Å²) in [5.41, 5.74) is 2.19. The van der Waals surface area contributed by atoms with E-state index in [9.17, 15) is 4.79 Å². The third-order valence-electron chi connectivity index (χ3n) is 4.34. The second-order valence-corrected chi connectivity index (χ2v) is 6.31. The van der Waals surface area contributed by atoms with Crippen LogP contribution in [0.25, 0.3) is 11.3 Å². The summed E-state index contributed by atoms with van der Waals surface area (Å²) in [6, 6.07) is 11.0. The zero-order chi connectivity index (χ0) is 18.7. The Bertz CT molecular complexity index is 890. The van der Waals surface area contributed by atoms with Crippen LogP contribution in [0.2, 0.25) is 0 Å². The highest BCUT2D eigenvalue weighted by atomic mass is 16.3. The lowest BCUT2D eigenvalue weighted by molar-refractivity contribution is 0.0726. The molecule has 0 radical (unpaired) electrons. The van der Waals surface area contributed by atoms with Crippen molar-refractivity contribution in [3.05, 3.63) is 66.4 Å². The Kier molecular flexibility index (Phi) is 5.02. The molecule has 0 aliphatic rings. The van der Waals surface area contributed by atoms with E-state index in [0.29, 0.717) is 5.56 Å². The summed E-state index contributed by atoms with van der Waals surface area (Å²) in [6.07, 6.45) is 4.93. The summed E-state index contributed by atoms with van der Waals surface area (Å²) in [5, 5.41) is 0. The topological polar surface area (TPSA) is 62.5 Å². The molecule has 2 aromatic heterocycles. The summed E-state index contributed by atoms with van der Waals surface area (Å²) in [5.74, 6) is 1.43. The van der Waals surface area contributed by atoms with E-state index < -0.39 is 0 Å². The molecule has 0 spiro atoms. The highest BCUT2D eigenvalue weighted by molar-refractivity contribution is 5.95. The number of hydrogen-bond donors (Lipinski definition) is 0. The van der Waals surface area contributed by atoms with Gasteiger partial charge in [-0.1, -0.05) is 12.1 Å². The molecule has 1 aromatic carbocycles. The number of aromatic nitrogens is 2. The van der Waals surface area contributed by atoms with Gasteiger partial charge in [-0.2, -0.15) is 0 Å². The van der Waals surface area contributed by atoms with Gasteiger partial charge in [-0.05, 0) is 31.2 Å². The molecule has 0 aliphatic heterocycles. The molecule has 3 aromatic rings. The summed E-state index contributed by atoms with van der Waals surface area (Å²) in [4.78, 5) is 25.3. The molecule has 6 heteroatoms. The Morgan fingerprint density at radius 2 is 1.85 bits per heavy atom. The van der Waals surface area contributed by atoms with Gasteiger partial charge in [0, 0.05) is 44.7 Å². The van der Waals surface area contributed by atoms with Crippen LogP contribution in [0.5, 0.6) is 0 Å². The van der Waals surface area contributed by atoms with Crippen molar-refractivity contribution in [2.45, 2.75) is 13.0 Å². The third kappa shape index (κ3) is 3.44. The number of furan rings is 1. The lowest BCUT2D eigenvalue weighted by Gasteiger charge is -2.23. The molecule has 0 aliphatic carbocycles. The molecule has 1 atom stereocenters. The Balaban J connectivity index is 1.91. The second-order valence-electron chi connectivity index (χ2n) is 6.31. The molecule has 0 saturated carbocycles. The maximum atomic E-state index is 12.9. The van der Waals surface area contributed by atoms with E-state index in [-0.39, 0.29) is 11.9 Å². The number of hydrogen-bond acceptors (Lipinski definition) is 5. The summed E-state index contributed by atoms with van der Waals surface area (Å²) < 4.78 is 5.42. The van der Waals surface area contributed by atoms with E-state index in [1.54, 1.807) is 30.6 Å². The maximum Gasteiger partial charge on any atom is 0.254 e. The molecular formula is C20H22N4O2. The van der Waals surface area contributed by atoms with Crippen LogP contribution in [0, 0.1) is 0 Å². The van der Waals surface area contributed by atoms with E-state index in [1.807, 2.05) is 62.3 Å². The molecular weight excluding hydrogens is 328 g/mol. The van der Waals surface area contributed by atoms with Crippen molar-refractivity contribution in [3.63, 3.8) is 0 Å². The van der Waals surface area contributed by atoms with Crippen molar-refractivity contribution in [2.24, 2.45) is 0 Å². The normalized spacial score (nSPS) is 11.8. The van der Waals surface area contributed by atoms with Crippen molar-refractivity contribution >= 4 is 11.7 Å². The lowest BCUT2D eigenvalue weighted by atomic mass is 10.1. The fourth-order valence-corrected chi connectivity index (χ4v) is 2.76. The fraction of sp³-hybridized carbons (Fsp3) is 0.250. The van der Waals surface area contributed by atoms with E-state index in [4.69, 9.17) is 4.42 Å². The molecule has 0 saturated heterocycles. The molecule has 2 heterocycles. The number of amides is 1. The number of benzene rings is 1. The van der Waals surface area contributed by atoms with Crippen LogP contribution in [-0.4, -0.2) is 41.9 Å². The predicted octanol–water partition coefficient (Wildman–Crippen LogP) is 3.64. The first-order chi connectivity index (χ1) is 12.5. The average Bonchev–Trinajstić information content (AvgIpc) is 3.21. The van der Waals surface area contributed by atoms with Gasteiger partial charge in [-0.3, -0.25) is 9.78 Å². The number of carbonyl (C=O) groups is 1. The minimum absolute atomic E-state index is 0.0777. The zero-order valence-corrected chi connectivity index (χ0v) is 15.4. The van der Waals surface area contributed by atoms with Gasteiger partial charge >= 0.3 is 0 Å². The van der Waals surface area contributed by atoms with E-state index >= 15 is 0 Å². The van der Waals surface area contributed by atoms with E-state index in [0.717, 1.165) is 22.8 Å². The largest absolute Gasteiger partial charge is 0.467 e. The number of rotatable bonds is 5. The Labute approximate surface area is 153 Å². The number of anilines is 1. The summed E-state index contributed by atoms with van der Waals surface area (Å²) in [6.45, 7) is 1.94. The molecule has 1 amide bonds. The minimum atomic E-state index is -0.157. The van der Waals surface area contributed by atoms with Gasteiger partial charge in [0.25, 0.3) is 5.91 Å². The van der Waals surface area contributed by atoms with Gasteiger partial charge in [0.2, 0.25) is 0 Å². The Morgan fingerprint density at radius 1 is 1.08 bits per heavy atom. The van der Waals surface area contributed by atoms with Crippen molar-refractivity contribution < 1.29 is 9.21 Å². The molecule has 134 valence electrons. The monoisotopic (exact) mass is 350 g/mol. The standard InChI is InChI=1S/C20H22N4O2/c1-14(17-9-6-12-26-17)24(4)20(25)16-8-5-7-15(13-16)18-19(23(2)3)22-11-10-21-18/h5-14H,1-4H3/t14-/m0/s1. The highest BCUT2D eigenvalue weighted by Crippen LogP contribution is 2.27. The van der Waals surface area contributed by atoms with E-state index in [1.165, 1.54) is 0 Å². The first-order valence-corrected chi connectivity index (χ1v) is 8.38. The van der Waals surface area contributed by atoms with Gasteiger partial charge in [-0.25, -0.2) is 4.98 Å². The summed E-state index contributed by atoms with van der Waals surface area (Å²) >= 11 is 0. The van der Waals surface area contributed by atoms with Crippen molar-refractivity contribution in [3.8, 4) is 11.3 Å². The zero-order valence-electron chi connectivity index (χ0n) is 15.4.